The van der Waals surface area contributed by atoms with E-state index in [-0.39, 0.29) is 5.91 Å². The molecule has 25 heavy (non-hydrogen) atoms. The van der Waals surface area contributed by atoms with Gasteiger partial charge in [-0.1, -0.05) is 17.2 Å². The summed E-state index contributed by atoms with van der Waals surface area (Å²) in [7, 11) is 1.45. The predicted octanol–water partition coefficient (Wildman–Crippen LogP) is 1.66. The Bertz CT molecular complexity index is 613. The molecule has 1 N–H and O–H groups in total. The second-order valence-corrected chi connectivity index (χ2v) is 5.70. The summed E-state index contributed by atoms with van der Waals surface area (Å²) < 4.78 is 18.4. The largest absolute Gasteiger partial charge is 0.387 e. The summed E-state index contributed by atoms with van der Waals surface area (Å²) in [5.74, 6) is -0.256. The summed E-state index contributed by atoms with van der Waals surface area (Å²) in [5, 5.41) is 12.4. The molecule has 2 atom stereocenters. The van der Waals surface area contributed by atoms with Crippen molar-refractivity contribution in [1.29, 1.82) is 0 Å². The van der Waals surface area contributed by atoms with Crippen LogP contribution < -0.4 is 4.90 Å². The summed E-state index contributed by atoms with van der Waals surface area (Å²) >= 11 is 0. The van der Waals surface area contributed by atoms with E-state index in [2.05, 4.69) is 14.9 Å². The number of aliphatic hydroxyl groups is 1. The van der Waals surface area contributed by atoms with Gasteiger partial charge in [0.2, 0.25) is 5.91 Å². The molecule has 1 aliphatic heterocycles. The molecule has 0 spiro atoms. The van der Waals surface area contributed by atoms with Crippen molar-refractivity contribution < 1.29 is 19.0 Å². The topological polar surface area (TPSA) is 102 Å². The summed E-state index contributed by atoms with van der Waals surface area (Å²) in [4.78, 5) is 17.9. The van der Waals surface area contributed by atoms with Crippen LogP contribution in [0.1, 0.15) is 11.7 Å². The predicted molar refractivity (Wildman–Crippen MR) is 91.0 cm³/mol. The van der Waals surface area contributed by atoms with Crippen LogP contribution in [0.2, 0.25) is 0 Å². The first-order chi connectivity index (χ1) is 12.1. The van der Waals surface area contributed by atoms with Gasteiger partial charge in [0.25, 0.3) is 0 Å². The average Bonchev–Trinajstić information content (AvgIpc) is 2.68. The highest BCUT2D eigenvalue weighted by Gasteiger charge is 2.23. The van der Waals surface area contributed by atoms with E-state index in [1.54, 1.807) is 4.90 Å². The Morgan fingerprint density at radius 2 is 2.00 bits per heavy atom. The van der Waals surface area contributed by atoms with Crippen LogP contribution in [0.4, 0.5) is 10.1 Å². The fraction of sp³-hybridized carbons (Fsp3) is 0.562. The van der Waals surface area contributed by atoms with Crippen LogP contribution in [0.15, 0.2) is 29.4 Å². The van der Waals surface area contributed by atoms with Gasteiger partial charge in [0.05, 0.1) is 12.1 Å². The smallest absolute Gasteiger partial charge is 0.248 e. The SMILES string of the molecule is CO[C@H](c1ccc(N2CCN(C(=O)CO)CC2)cc1)[C@@H](CF)N=[N+]=[N-]. The number of nitrogens with zero attached hydrogens (tertiary/aromatic N) is 5. The molecule has 0 unspecified atom stereocenters. The van der Waals surface area contributed by atoms with Crippen molar-refractivity contribution in [3.63, 3.8) is 0 Å². The van der Waals surface area contributed by atoms with E-state index in [4.69, 9.17) is 15.4 Å². The zero-order valence-corrected chi connectivity index (χ0v) is 14.1. The Hall–Kier alpha value is -2.35. The minimum absolute atomic E-state index is 0.256. The van der Waals surface area contributed by atoms with Crippen molar-refractivity contribution >= 4 is 11.6 Å². The number of hydrogen-bond donors (Lipinski definition) is 1. The molecule has 2 rings (SSSR count). The summed E-state index contributed by atoms with van der Waals surface area (Å²) in [6, 6.07) is 6.54. The number of halogens is 1. The molecule has 1 heterocycles. The molecule has 1 aromatic rings. The number of amides is 1. The van der Waals surface area contributed by atoms with E-state index in [0.717, 1.165) is 11.3 Å². The van der Waals surface area contributed by atoms with Gasteiger partial charge in [0.15, 0.2) is 0 Å². The number of anilines is 1. The fourth-order valence-corrected chi connectivity index (χ4v) is 2.94. The second kappa shape index (κ2) is 9.22. The molecule has 0 saturated carbocycles. The number of ether oxygens (including phenoxy) is 1. The number of carbonyl (C=O) groups is 1. The van der Waals surface area contributed by atoms with E-state index in [1.165, 1.54) is 7.11 Å². The third-order valence-corrected chi connectivity index (χ3v) is 4.32. The third-order valence-electron chi connectivity index (χ3n) is 4.32. The highest BCUT2D eigenvalue weighted by molar-refractivity contribution is 5.77. The summed E-state index contributed by atoms with van der Waals surface area (Å²) in [5.41, 5.74) is 10.3. The van der Waals surface area contributed by atoms with Gasteiger partial charge in [-0.25, -0.2) is 0 Å². The van der Waals surface area contributed by atoms with Gasteiger partial charge in [-0.05, 0) is 23.2 Å². The molecular weight excluding hydrogens is 329 g/mol. The molecular formula is C16H22FN5O3. The van der Waals surface area contributed by atoms with Crippen molar-refractivity contribution in [3.05, 3.63) is 40.3 Å². The van der Waals surface area contributed by atoms with Crippen LogP contribution in [0, 0.1) is 0 Å². The molecule has 0 aromatic heterocycles. The number of azide groups is 1. The maximum Gasteiger partial charge on any atom is 0.248 e. The van der Waals surface area contributed by atoms with Crippen LogP contribution in [-0.4, -0.2) is 68.5 Å². The minimum atomic E-state index is -0.908. The van der Waals surface area contributed by atoms with Crippen LogP contribution in [0.5, 0.6) is 0 Å². The maximum absolute atomic E-state index is 13.1. The minimum Gasteiger partial charge on any atom is -0.387 e. The van der Waals surface area contributed by atoms with Crippen LogP contribution >= 0.6 is 0 Å². The van der Waals surface area contributed by atoms with Gasteiger partial charge < -0.3 is 19.6 Å². The third kappa shape index (κ3) is 4.60. The molecule has 0 radical (unpaired) electrons. The maximum atomic E-state index is 13.1. The summed E-state index contributed by atoms with van der Waals surface area (Å²) in [6.45, 7) is 1.19. The number of carbonyl (C=O) groups excluding carboxylic acids is 1. The molecule has 1 aliphatic rings. The zero-order valence-electron chi connectivity index (χ0n) is 14.1. The van der Waals surface area contributed by atoms with Gasteiger partial charge in [0, 0.05) is 43.9 Å². The van der Waals surface area contributed by atoms with Crippen molar-refractivity contribution in [3.8, 4) is 0 Å². The first-order valence-corrected chi connectivity index (χ1v) is 8.01. The number of aliphatic hydroxyl groups excluding tert-OH is 1. The number of piperazine rings is 1. The van der Waals surface area contributed by atoms with E-state index in [1.807, 2.05) is 24.3 Å². The van der Waals surface area contributed by atoms with Crippen LogP contribution in [0.25, 0.3) is 10.4 Å². The van der Waals surface area contributed by atoms with Crippen molar-refractivity contribution in [2.45, 2.75) is 12.1 Å². The number of alkyl halides is 1. The second-order valence-electron chi connectivity index (χ2n) is 5.70. The van der Waals surface area contributed by atoms with Crippen LogP contribution in [-0.2, 0) is 9.53 Å². The number of benzene rings is 1. The van der Waals surface area contributed by atoms with E-state index < -0.39 is 25.4 Å². The Morgan fingerprint density at radius 1 is 1.36 bits per heavy atom. The lowest BCUT2D eigenvalue weighted by molar-refractivity contribution is -0.134. The van der Waals surface area contributed by atoms with E-state index in [0.29, 0.717) is 26.2 Å². The molecule has 8 nitrogen and oxygen atoms in total. The van der Waals surface area contributed by atoms with Crippen molar-refractivity contribution in [2.75, 3.05) is 51.5 Å². The van der Waals surface area contributed by atoms with Gasteiger partial charge in [-0.3, -0.25) is 9.18 Å². The Labute approximate surface area is 145 Å². The standard InChI is InChI=1S/C16H22FN5O3/c1-25-16(14(10-17)19-20-18)12-2-4-13(5-3-12)21-6-8-22(9-7-21)15(24)11-23/h2-5,14,16,23H,6-11H2,1H3/t14-,16-/m1/s1. The molecule has 1 fully saturated rings. The van der Waals surface area contributed by atoms with Crippen molar-refractivity contribution in [1.82, 2.24) is 4.90 Å². The molecule has 1 amide bonds. The molecule has 1 aromatic carbocycles. The monoisotopic (exact) mass is 351 g/mol. The van der Waals surface area contributed by atoms with Gasteiger partial charge in [0.1, 0.15) is 13.3 Å². The quantitative estimate of drug-likeness (QED) is 0.458. The molecule has 9 heteroatoms. The van der Waals surface area contributed by atoms with Gasteiger partial charge in [-0.15, -0.1) is 0 Å². The average molecular weight is 351 g/mol. The Kier molecular flexibility index (Phi) is 7.00. The molecule has 0 aliphatic carbocycles. The number of rotatable bonds is 7. The lowest BCUT2D eigenvalue weighted by Gasteiger charge is -2.36. The summed E-state index contributed by atoms with van der Waals surface area (Å²) in [6.07, 6.45) is -0.644. The highest BCUT2D eigenvalue weighted by atomic mass is 19.1. The molecule has 0 bridgehead atoms. The van der Waals surface area contributed by atoms with E-state index in [9.17, 15) is 9.18 Å². The van der Waals surface area contributed by atoms with Gasteiger partial charge >= 0.3 is 0 Å². The van der Waals surface area contributed by atoms with Crippen LogP contribution in [0.3, 0.4) is 0 Å². The lowest BCUT2D eigenvalue weighted by atomic mass is 10.0. The highest BCUT2D eigenvalue weighted by Crippen LogP contribution is 2.26. The van der Waals surface area contributed by atoms with E-state index >= 15 is 0 Å². The first kappa shape index (κ1) is 19.0. The Morgan fingerprint density at radius 3 is 2.48 bits per heavy atom. The normalized spacial score (nSPS) is 16.9. The molecule has 1 saturated heterocycles. The lowest BCUT2D eigenvalue weighted by Crippen LogP contribution is -2.49. The molecule has 136 valence electrons. The van der Waals surface area contributed by atoms with Crippen molar-refractivity contribution in [2.24, 2.45) is 5.11 Å². The fourth-order valence-electron chi connectivity index (χ4n) is 2.94. The Balaban J connectivity index is 2.04. The zero-order chi connectivity index (χ0) is 18.2. The number of methoxy groups -OCH3 is 1. The van der Waals surface area contributed by atoms with Gasteiger partial charge in [-0.2, -0.15) is 0 Å². The number of hydrogen-bond acceptors (Lipinski definition) is 5. The first-order valence-electron chi connectivity index (χ1n) is 8.01.